The van der Waals surface area contributed by atoms with Gasteiger partial charge in [0.1, 0.15) is 22.7 Å². The number of hydrazine groups is 1. The Kier molecular flexibility index (Phi) is 12.3. The van der Waals surface area contributed by atoms with Crippen molar-refractivity contribution in [2.24, 2.45) is 16.2 Å². The summed E-state index contributed by atoms with van der Waals surface area (Å²) in [5.41, 5.74) is 8.34. The molecule has 4 aromatic rings. The summed E-state index contributed by atoms with van der Waals surface area (Å²) in [6, 6.07) is 8.25. The number of likely N-dealkylation sites (tertiary alicyclic amines) is 1. The van der Waals surface area contributed by atoms with Gasteiger partial charge < -0.3 is 38.3 Å². The van der Waals surface area contributed by atoms with Crippen molar-refractivity contribution in [3.8, 4) is 22.5 Å². The molecule has 0 unspecified atom stereocenters. The fourth-order valence-electron chi connectivity index (χ4n) is 12.2. The lowest BCUT2D eigenvalue weighted by atomic mass is 9.61. The molecule has 1 saturated carbocycles. The Morgan fingerprint density at radius 3 is 2.58 bits per heavy atom. The number of nitrogens with zero attached hydrogens (tertiary/aromatic N) is 5. The van der Waals surface area contributed by atoms with Crippen molar-refractivity contribution >= 4 is 40.0 Å². The number of hydrogen-bond donors (Lipinski definition) is 2. The van der Waals surface area contributed by atoms with Gasteiger partial charge in [-0.3, -0.25) is 29.3 Å². The molecule has 17 heteroatoms. The van der Waals surface area contributed by atoms with Crippen LogP contribution in [0.2, 0.25) is 0 Å². The van der Waals surface area contributed by atoms with Crippen LogP contribution >= 0.6 is 11.3 Å². The number of carbonyl (C=O) groups is 3. The van der Waals surface area contributed by atoms with E-state index in [4.69, 9.17) is 38.4 Å². The number of benzene rings is 1. The molecule has 1 spiro atoms. The first-order valence-electron chi connectivity index (χ1n) is 25.0. The highest BCUT2D eigenvalue weighted by Gasteiger charge is 2.68. The molecule has 0 radical (unpaired) electrons. The quantitative estimate of drug-likeness (QED) is 0.174. The smallest absolute Gasteiger partial charge is 0.324 e. The van der Waals surface area contributed by atoms with Crippen LogP contribution in [0.4, 0.5) is 0 Å². The Bertz CT molecular complexity index is 2600. The molecule has 2 amide bonds. The number of amides is 2. The number of thiazole rings is 1. The summed E-state index contributed by atoms with van der Waals surface area (Å²) in [5.74, 6) is -1.02. The summed E-state index contributed by atoms with van der Waals surface area (Å²) in [4.78, 5) is 56.7. The minimum absolute atomic E-state index is 0.00548. The molecule has 6 saturated heterocycles. The maximum absolute atomic E-state index is 15.3. The maximum atomic E-state index is 15.3. The Labute approximate surface area is 408 Å². The average molecular weight is 966 g/mol. The predicted octanol–water partition coefficient (Wildman–Crippen LogP) is 6.17. The highest BCUT2D eigenvalue weighted by atomic mass is 32.1. The molecular weight excluding hydrogens is 899 g/mol. The Balaban J connectivity index is 1.05. The van der Waals surface area contributed by atoms with Crippen LogP contribution in [-0.4, -0.2) is 139 Å². The van der Waals surface area contributed by atoms with Crippen LogP contribution in [0.15, 0.2) is 41.9 Å². The van der Waals surface area contributed by atoms with Crippen molar-refractivity contribution in [3.05, 3.63) is 58.2 Å². The SMILES string of the molecule is CO[C@@H](C)c1ncccc1-c1c2c3cc(ccc3n1CCOC1CCOCC1)-c1csc(n1)[C@@H](N1CC3(COC3)C1)[C@H](NC(=O)C13CC(C)(C1)[C@@H](C)O3)C(=O)N1CCC[C@H](N1)C(=O)OCC(C)(C)C2. The van der Waals surface area contributed by atoms with Gasteiger partial charge in [-0.15, -0.1) is 11.3 Å². The molecule has 8 aliphatic rings. The maximum Gasteiger partial charge on any atom is 0.324 e. The average Bonchev–Trinajstić information content (AvgIpc) is 4.05. The molecule has 1 aromatic carbocycles. The lowest BCUT2D eigenvalue weighted by Crippen LogP contribution is -2.70. The summed E-state index contributed by atoms with van der Waals surface area (Å²) in [6.45, 7) is 16.2. The van der Waals surface area contributed by atoms with Gasteiger partial charge in [0.2, 0.25) is 0 Å². The molecule has 69 heavy (non-hydrogen) atoms. The molecule has 3 aromatic heterocycles. The molecule has 16 nitrogen and oxygen atoms in total. The van der Waals surface area contributed by atoms with Gasteiger partial charge in [0.25, 0.3) is 11.8 Å². The summed E-state index contributed by atoms with van der Waals surface area (Å²) >= 11 is 1.50. The summed E-state index contributed by atoms with van der Waals surface area (Å²) in [6.07, 6.45) is 6.16. The number of rotatable bonds is 10. The zero-order chi connectivity index (χ0) is 47.9. The number of aromatic nitrogens is 3. The third kappa shape index (κ3) is 8.51. The third-order valence-corrected chi connectivity index (χ3v) is 17.2. The van der Waals surface area contributed by atoms with Crippen LogP contribution in [-0.2, 0) is 55.8 Å². The lowest BCUT2D eigenvalue weighted by molar-refractivity contribution is -0.203. The lowest BCUT2D eigenvalue weighted by Gasteiger charge is -2.58. The summed E-state index contributed by atoms with van der Waals surface area (Å²) < 4.78 is 38.8. The van der Waals surface area contributed by atoms with Crippen LogP contribution < -0.4 is 10.7 Å². The Morgan fingerprint density at radius 1 is 1.06 bits per heavy atom. The number of nitrogens with one attached hydrogen (secondary N) is 2. The van der Waals surface area contributed by atoms with E-state index in [1.807, 2.05) is 26.1 Å². The first-order chi connectivity index (χ1) is 33.2. The van der Waals surface area contributed by atoms with Crippen molar-refractivity contribution in [1.29, 1.82) is 0 Å². The van der Waals surface area contributed by atoms with Gasteiger partial charge in [-0.25, -0.2) is 10.4 Å². The van der Waals surface area contributed by atoms with E-state index >= 15 is 4.79 Å². The molecule has 10 heterocycles. The molecular formula is C52H67N7O9S. The van der Waals surface area contributed by atoms with E-state index in [9.17, 15) is 9.59 Å². The van der Waals surface area contributed by atoms with Crippen molar-refractivity contribution in [3.63, 3.8) is 0 Å². The Hall–Kier alpha value is -4.33. The molecule has 2 N–H and O–H groups in total. The molecule has 1 aliphatic carbocycles. The summed E-state index contributed by atoms with van der Waals surface area (Å²) in [5, 5.41) is 8.67. The standard InChI is InChI=1S/C52H67N7O9S/c1-31(63-6)41-35(9-7-15-53-41)43-37-22-49(3,4)28-67-47(61)38-10-8-16-59(56-38)46(60)42(55-48(62)52-24-50(5,25-52)32(2)68-52)44(57-26-51(27-57)29-65-30-51)45-54-39(23-69-45)33-11-12-40(36(37)21-33)58(43)17-20-66-34-13-18-64-19-14-34/h7,9,11-12,15,21,23,31-32,34,38,42,44,56H,8,10,13-14,16-20,22,24-30H2,1-6H3,(H,55,62)/t31-,32+,38-,42-,44-,50?,52?/m0/s1. The van der Waals surface area contributed by atoms with E-state index in [0.717, 1.165) is 62.5 Å². The molecule has 8 bridgehead atoms. The van der Waals surface area contributed by atoms with E-state index in [1.54, 1.807) is 7.11 Å². The fourth-order valence-corrected chi connectivity index (χ4v) is 13.2. The van der Waals surface area contributed by atoms with Gasteiger partial charge in [-0.2, -0.15) is 0 Å². The van der Waals surface area contributed by atoms with Gasteiger partial charge >= 0.3 is 5.97 Å². The van der Waals surface area contributed by atoms with Gasteiger partial charge in [0.15, 0.2) is 0 Å². The monoisotopic (exact) mass is 965 g/mol. The van der Waals surface area contributed by atoms with E-state index in [1.165, 1.54) is 16.3 Å². The van der Waals surface area contributed by atoms with Crippen molar-refractivity contribution < 1.29 is 42.8 Å². The van der Waals surface area contributed by atoms with Crippen LogP contribution in [0.3, 0.4) is 0 Å². The predicted molar refractivity (Wildman–Crippen MR) is 258 cm³/mol. The third-order valence-electron chi connectivity index (χ3n) is 16.2. The first kappa shape index (κ1) is 47.0. The second-order valence-electron chi connectivity index (χ2n) is 22.1. The van der Waals surface area contributed by atoms with Crippen LogP contribution in [0.1, 0.15) is 102 Å². The number of fused-ring (bicyclic) bond motifs is 7. The number of methoxy groups -OCH3 is 1. The van der Waals surface area contributed by atoms with Gasteiger partial charge in [0.05, 0.1) is 67.9 Å². The molecule has 7 fully saturated rings. The number of ether oxygens (including phenoxy) is 6. The van der Waals surface area contributed by atoms with E-state index in [2.05, 4.69) is 70.6 Å². The highest BCUT2D eigenvalue weighted by molar-refractivity contribution is 7.10. The number of esters is 1. The minimum Gasteiger partial charge on any atom is -0.464 e. The van der Waals surface area contributed by atoms with Crippen molar-refractivity contribution in [2.45, 2.75) is 128 Å². The highest BCUT2D eigenvalue weighted by Crippen LogP contribution is 2.61. The zero-order valence-corrected chi connectivity index (χ0v) is 41.7. The number of cyclic esters (lactones) is 1. The largest absolute Gasteiger partial charge is 0.464 e. The first-order valence-corrected chi connectivity index (χ1v) is 25.9. The van der Waals surface area contributed by atoms with Crippen molar-refractivity contribution in [1.82, 2.24) is 35.2 Å². The Morgan fingerprint density at radius 2 is 1.86 bits per heavy atom. The number of hydrogen-bond acceptors (Lipinski definition) is 14. The van der Waals surface area contributed by atoms with E-state index < -0.39 is 35.1 Å². The van der Waals surface area contributed by atoms with Crippen LogP contribution in [0.5, 0.6) is 0 Å². The molecule has 7 aliphatic heterocycles. The normalized spacial score (nSPS) is 30.6. The zero-order valence-electron chi connectivity index (χ0n) is 40.8. The second kappa shape index (κ2) is 18.1. The number of pyridine rings is 1. The van der Waals surface area contributed by atoms with Gasteiger partial charge in [0, 0.05) is 96.4 Å². The second-order valence-corrected chi connectivity index (χ2v) is 23.0. The van der Waals surface area contributed by atoms with Gasteiger partial charge in [-0.1, -0.05) is 26.8 Å². The van der Waals surface area contributed by atoms with Crippen LogP contribution in [0.25, 0.3) is 33.4 Å². The topological polar surface area (TPSA) is 168 Å². The minimum atomic E-state index is -1.03. The number of carbonyl (C=O) groups excluding carboxylic acids is 3. The van der Waals surface area contributed by atoms with Crippen LogP contribution in [0, 0.1) is 16.2 Å². The molecule has 5 atom stereocenters. The molecule has 12 rings (SSSR count). The fraction of sp³-hybridized carbons (Fsp3) is 0.635. The van der Waals surface area contributed by atoms with Gasteiger partial charge in [-0.05, 0) is 88.6 Å². The van der Waals surface area contributed by atoms with E-state index in [-0.39, 0.29) is 47.6 Å². The van der Waals surface area contributed by atoms with Crippen molar-refractivity contribution in [2.75, 3.05) is 66.4 Å². The summed E-state index contributed by atoms with van der Waals surface area (Å²) in [7, 11) is 1.71. The van der Waals surface area contributed by atoms with E-state index in [0.29, 0.717) is 91.3 Å². The molecule has 370 valence electrons.